The molecule has 2 N–H and O–H groups in total. The molecule has 0 saturated heterocycles. The number of nitrogens with zero attached hydrogens (tertiary/aromatic N) is 2. The van der Waals surface area contributed by atoms with Crippen molar-refractivity contribution >= 4 is 17.3 Å². The number of nitrogens with one attached hydrogen (secondary N) is 2. The molecule has 4 nitrogen and oxygen atoms in total. The number of aryl methyl sites for hydroxylation is 1. The van der Waals surface area contributed by atoms with Gasteiger partial charge in [0.1, 0.15) is 0 Å². The molecule has 0 fully saturated rings. The summed E-state index contributed by atoms with van der Waals surface area (Å²) >= 11 is 1.76. The molecule has 1 aromatic heterocycles. The lowest BCUT2D eigenvalue weighted by atomic mass is 9.97. The third-order valence-corrected chi connectivity index (χ3v) is 4.85. The van der Waals surface area contributed by atoms with E-state index in [-0.39, 0.29) is 0 Å². The minimum atomic E-state index is 0.461. The second-order valence-electron chi connectivity index (χ2n) is 5.78. The Morgan fingerprint density at radius 2 is 2.00 bits per heavy atom. The summed E-state index contributed by atoms with van der Waals surface area (Å²) in [4.78, 5) is 10.4. The van der Waals surface area contributed by atoms with Gasteiger partial charge in [-0.25, -0.2) is 4.98 Å². The molecule has 130 valence electrons. The summed E-state index contributed by atoms with van der Waals surface area (Å²) < 4.78 is 0. The van der Waals surface area contributed by atoms with Gasteiger partial charge in [0.15, 0.2) is 5.96 Å². The summed E-state index contributed by atoms with van der Waals surface area (Å²) in [5.41, 5.74) is 1.36. The first-order valence-electron chi connectivity index (χ1n) is 8.71. The second kappa shape index (κ2) is 10.1. The molecule has 1 aromatic carbocycles. The fourth-order valence-electron chi connectivity index (χ4n) is 2.54. The molecule has 1 unspecified atom stereocenters. The van der Waals surface area contributed by atoms with Crippen LogP contribution in [0.1, 0.15) is 41.6 Å². The van der Waals surface area contributed by atoms with E-state index in [9.17, 15) is 0 Å². The molecule has 0 aliphatic heterocycles. The molecule has 2 aromatic rings. The monoisotopic (exact) mass is 344 g/mol. The average molecular weight is 345 g/mol. The van der Waals surface area contributed by atoms with Crippen molar-refractivity contribution in [1.82, 2.24) is 15.6 Å². The molecule has 0 aliphatic rings. The van der Waals surface area contributed by atoms with E-state index in [1.54, 1.807) is 11.3 Å². The maximum Gasteiger partial charge on any atom is 0.191 e. The maximum absolute atomic E-state index is 4.77. The number of hydrogen-bond acceptors (Lipinski definition) is 3. The first-order valence-corrected chi connectivity index (χ1v) is 9.53. The van der Waals surface area contributed by atoms with Crippen molar-refractivity contribution in [1.29, 1.82) is 0 Å². The van der Waals surface area contributed by atoms with Crippen LogP contribution in [-0.4, -0.2) is 30.6 Å². The van der Waals surface area contributed by atoms with Crippen molar-refractivity contribution in [2.45, 2.75) is 39.5 Å². The Balaban J connectivity index is 1.89. The summed E-state index contributed by atoms with van der Waals surface area (Å²) in [6.45, 7) is 8.92. The van der Waals surface area contributed by atoms with E-state index >= 15 is 0 Å². The van der Waals surface area contributed by atoms with Crippen LogP contribution in [0.15, 0.2) is 41.5 Å². The molecular formula is C19H28N4S. The van der Waals surface area contributed by atoms with Crippen molar-refractivity contribution < 1.29 is 0 Å². The van der Waals surface area contributed by atoms with Crippen LogP contribution in [0.3, 0.4) is 0 Å². The van der Waals surface area contributed by atoms with E-state index in [1.807, 2.05) is 6.20 Å². The van der Waals surface area contributed by atoms with Crippen molar-refractivity contribution in [3.05, 3.63) is 52.0 Å². The van der Waals surface area contributed by atoms with Crippen molar-refractivity contribution in [2.75, 3.05) is 19.6 Å². The van der Waals surface area contributed by atoms with Crippen LogP contribution in [0.4, 0.5) is 0 Å². The Kier molecular flexibility index (Phi) is 7.75. The fourth-order valence-corrected chi connectivity index (χ4v) is 3.33. The molecule has 0 aliphatic carbocycles. The number of guanidine groups is 1. The van der Waals surface area contributed by atoms with Gasteiger partial charge in [0.25, 0.3) is 0 Å². The van der Waals surface area contributed by atoms with Gasteiger partial charge in [-0.1, -0.05) is 37.3 Å². The fraction of sp³-hybridized carbons (Fsp3) is 0.474. The van der Waals surface area contributed by atoms with E-state index < -0.39 is 0 Å². The van der Waals surface area contributed by atoms with Crippen LogP contribution in [-0.2, 0) is 6.42 Å². The SMILES string of the molecule is CCNC(=NCC(CC)c1ccccc1)NCCc1ncc(C)s1. The van der Waals surface area contributed by atoms with Gasteiger partial charge in [0, 0.05) is 43.0 Å². The molecule has 0 saturated carbocycles. The standard InChI is InChI=1S/C19H28N4S/c1-4-16(17-9-7-6-8-10-17)14-23-19(20-5-2)21-12-11-18-22-13-15(3)24-18/h6-10,13,16H,4-5,11-12,14H2,1-3H3,(H2,20,21,23). The van der Waals surface area contributed by atoms with E-state index in [1.165, 1.54) is 15.4 Å². The van der Waals surface area contributed by atoms with Gasteiger partial charge >= 0.3 is 0 Å². The smallest absolute Gasteiger partial charge is 0.191 e. The van der Waals surface area contributed by atoms with Crippen LogP contribution in [0.2, 0.25) is 0 Å². The summed E-state index contributed by atoms with van der Waals surface area (Å²) in [6, 6.07) is 10.6. The Morgan fingerprint density at radius 1 is 1.21 bits per heavy atom. The Bertz CT molecular complexity index is 621. The number of thiazole rings is 1. The van der Waals surface area contributed by atoms with E-state index in [4.69, 9.17) is 4.99 Å². The molecular weight excluding hydrogens is 316 g/mol. The van der Waals surface area contributed by atoms with Gasteiger partial charge in [-0.3, -0.25) is 4.99 Å². The van der Waals surface area contributed by atoms with E-state index in [0.717, 1.165) is 38.4 Å². The molecule has 5 heteroatoms. The number of aliphatic imine (C=N–C) groups is 1. The van der Waals surface area contributed by atoms with Crippen LogP contribution in [0.25, 0.3) is 0 Å². The predicted molar refractivity (Wildman–Crippen MR) is 104 cm³/mol. The normalized spacial score (nSPS) is 12.9. The first kappa shape index (κ1) is 18.5. The third-order valence-electron chi connectivity index (χ3n) is 3.88. The molecule has 0 amide bonds. The highest BCUT2D eigenvalue weighted by Gasteiger charge is 2.09. The average Bonchev–Trinajstić information content (AvgIpc) is 3.01. The van der Waals surface area contributed by atoms with E-state index in [2.05, 4.69) is 66.7 Å². The Labute approximate surface area is 149 Å². The van der Waals surface area contributed by atoms with Crippen LogP contribution >= 0.6 is 11.3 Å². The Morgan fingerprint density at radius 3 is 2.62 bits per heavy atom. The van der Waals surface area contributed by atoms with Crippen molar-refractivity contribution in [3.8, 4) is 0 Å². The molecule has 0 radical (unpaired) electrons. The zero-order valence-electron chi connectivity index (χ0n) is 14.9. The first-order chi connectivity index (χ1) is 11.7. The highest BCUT2D eigenvalue weighted by atomic mass is 32.1. The molecule has 24 heavy (non-hydrogen) atoms. The number of rotatable bonds is 8. The van der Waals surface area contributed by atoms with Crippen LogP contribution < -0.4 is 10.6 Å². The Hall–Kier alpha value is -1.88. The van der Waals surface area contributed by atoms with Gasteiger partial charge in [0.05, 0.1) is 5.01 Å². The highest BCUT2D eigenvalue weighted by molar-refractivity contribution is 7.11. The van der Waals surface area contributed by atoms with Gasteiger partial charge in [-0.2, -0.15) is 0 Å². The largest absolute Gasteiger partial charge is 0.357 e. The minimum absolute atomic E-state index is 0.461. The van der Waals surface area contributed by atoms with Crippen LogP contribution in [0, 0.1) is 6.92 Å². The number of benzene rings is 1. The lowest BCUT2D eigenvalue weighted by Gasteiger charge is -2.15. The van der Waals surface area contributed by atoms with Crippen LogP contribution in [0.5, 0.6) is 0 Å². The molecule has 1 atom stereocenters. The summed E-state index contributed by atoms with van der Waals surface area (Å²) in [7, 11) is 0. The van der Waals surface area contributed by atoms with Gasteiger partial charge < -0.3 is 10.6 Å². The predicted octanol–water partition coefficient (Wildman–Crippen LogP) is 3.74. The summed E-state index contributed by atoms with van der Waals surface area (Å²) in [5.74, 6) is 1.35. The molecule has 2 rings (SSSR count). The topological polar surface area (TPSA) is 49.3 Å². The quantitative estimate of drug-likeness (QED) is 0.566. The third kappa shape index (κ3) is 5.96. The zero-order valence-corrected chi connectivity index (χ0v) is 15.7. The second-order valence-corrected chi connectivity index (χ2v) is 7.10. The van der Waals surface area contributed by atoms with Gasteiger partial charge in [0.2, 0.25) is 0 Å². The van der Waals surface area contributed by atoms with E-state index in [0.29, 0.717) is 5.92 Å². The van der Waals surface area contributed by atoms with Crippen molar-refractivity contribution in [2.24, 2.45) is 4.99 Å². The summed E-state index contributed by atoms with van der Waals surface area (Å²) in [5, 5.41) is 7.91. The number of hydrogen-bond donors (Lipinski definition) is 2. The summed E-state index contributed by atoms with van der Waals surface area (Å²) in [6.07, 6.45) is 3.95. The lowest BCUT2D eigenvalue weighted by Crippen LogP contribution is -2.38. The van der Waals surface area contributed by atoms with Crippen molar-refractivity contribution in [3.63, 3.8) is 0 Å². The maximum atomic E-state index is 4.77. The highest BCUT2D eigenvalue weighted by Crippen LogP contribution is 2.19. The van der Waals surface area contributed by atoms with Gasteiger partial charge in [-0.15, -0.1) is 11.3 Å². The minimum Gasteiger partial charge on any atom is -0.357 e. The lowest BCUT2D eigenvalue weighted by molar-refractivity contribution is 0.667. The zero-order chi connectivity index (χ0) is 17.2. The van der Waals surface area contributed by atoms with Gasteiger partial charge in [-0.05, 0) is 25.8 Å². The molecule has 1 heterocycles. The number of aromatic nitrogens is 1. The molecule has 0 bridgehead atoms. The molecule has 0 spiro atoms.